The molecule has 0 aromatic carbocycles. The molecule has 0 amide bonds. The molecule has 3 unspecified atom stereocenters. The Morgan fingerprint density at radius 2 is 1.41 bits per heavy atom. The molecule has 0 heterocycles. The third kappa shape index (κ3) is 8.54. The first-order valence-electron chi connectivity index (χ1n) is 13.6. The van der Waals surface area contributed by atoms with E-state index in [1.807, 2.05) is 39.8 Å². The fraction of sp³-hybridized carbons (Fsp3) is 0.645. The Kier molecular flexibility index (Phi) is 11.2. The van der Waals surface area contributed by atoms with E-state index in [-0.39, 0.29) is 39.7 Å². The molecule has 0 aliphatic heterocycles. The zero-order valence-electron chi connectivity index (χ0n) is 24.3. The lowest BCUT2D eigenvalue weighted by atomic mass is 9.73. The Labute approximate surface area is 228 Å². The van der Waals surface area contributed by atoms with Gasteiger partial charge in [0.15, 0.2) is 11.6 Å². The van der Waals surface area contributed by atoms with E-state index in [0.717, 1.165) is 35.1 Å². The smallest absolute Gasteiger partial charge is 0.323 e. The van der Waals surface area contributed by atoms with Crippen molar-refractivity contribution in [2.75, 3.05) is 12.4 Å². The average molecular weight is 530 g/mol. The Morgan fingerprint density at radius 1 is 0.919 bits per heavy atom. The van der Waals surface area contributed by atoms with Crippen molar-refractivity contribution >= 4 is 29.3 Å². The third-order valence-corrected chi connectivity index (χ3v) is 8.52. The van der Waals surface area contributed by atoms with Crippen molar-refractivity contribution in [2.45, 2.75) is 105 Å². The highest BCUT2D eigenvalue weighted by Gasteiger charge is 2.34. The molecule has 0 spiro atoms. The van der Waals surface area contributed by atoms with Crippen molar-refractivity contribution in [3.05, 3.63) is 46.6 Å². The number of hydrogen-bond donors (Lipinski definition) is 1. The largest absolute Gasteiger partial charge is 0.465 e. The fourth-order valence-electron chi connectivity index (χ4n) is 5.59. The van der Waals surface area contributed by atoms with Gasteiger partial charge in [-0.1, -0.05) is 58.9 Å². The highest BCUT2D eigenvalue weighted by Crippen LogP contribution is 2.39. The van der Waals surface area contributed by atoms with Crippen LogP contribution in [0.4, 0.5) is 0 Å². The highest BCUT2D eigenvalue weighted by atomic mass is 32.2. The van der Waals surface area contributed by atoms with Gasteiger partial charge in [-0.2, -0.15) is 11.8 Å². The zero-order valence-corrected chi connectivity index (χ0v) is 25.1. The maximum absolute atomic E-state index is 13.2. The van der Waals surface area contributed by atoms with Crippen molar-refractivity contribution in [1.82, 2.24) is 5.32 Å². The molecule has 2 rings (SSSR count). The maximum Gasteiger partial charge on any atom is 0.323 e. The summed E-state index contributed by atoms with van der Waals surface area (Å²) in [5, 5.41) is 3.39. The van der Waals surface area contributed by atoms with Gasteiger partial charge in [-0.25, -0.2) is 0 Å². The first-order chi connectivity index (χ1) is 17.2. The molecule has 0 aromatic heterocycles. The minimum atomic E-state index is -0.547. The van der Waals surface area contributed by atoms with Crippen LogP contribution in [0.5, 0.6) is 0 Å². The van der Waals surface area contributed by atoms with Gasteiger partial charge in [-0.05, 0) is 62.5 Å². The van der Waals surface area contributed by atoms with Gasteiger partial charge in [0.2, 0.25) is 0 Å². The van der Waals surface area contributed by atoms with Crippen molar-refractivity contribution in [3.63, 3.8) is 0 Å². The zero-order chi connectivity index (χ0) is 28.0. The van der Waals surface area contributed by atoms with Gasteiger partial charge in [0.05, 0.1) is 6.61 Å². The van der Waals surface area contributed by atoms with E-state index in [0.29, 0.717) is 25.2 Å². The molecule has 5 nitrogen and oxygen atoms in total. The van der Waals surface area contributed by atoms with Crippen LogP contribution in [0.3, 0.4) is 0 Å². The van der Waals surface area contributed by atoms with E-state index in [1.165, 1.54) is 0 Å². The molecule has 1 N–H and O–H groups in total. The lowest BCUT2D eigenvalue weighted by molar-refractivity contribution is -0.145. The number of ether oxygens (including phenoxy) is 1. The molecule has 2 aliphatic rings. The molecule has 206 valence electrons. The standard InChI is InChI=1S/C31H47NO4S/c1-10-36-29(35)24(32-22(4)17-25(33)27-20(2)13-11-15-30(27,6)7)19-37-23(5)18-26(34)28-21(3)14-12-16-31(28,8)9/h11-14,22-24,32H,10,15-19H2,1-9H3. The quantitative estimate of drug-likeness (QED) is 0.273. The summed E-state index contributed by atoms with van der Waals surface area (Å²) in [5.74, 6) is 0.456. The minimum absolute atomic E-state index is 0.0489. The molecule has 0 saturated heterocycles. The van der Waals surface area contributed by atoms with Crippen LogP contribution < -0.4 is 5.32 Å². The summed E-state index contributed by atoms with van der Waals surface area (Å²) in [6, 6.07) is -0.737. The van der Waals surface area contributed by atoms with Gasteiger partial charge in [-0.3, -0.25) is 14.4 Å². The number of carbonyl (C=O) groups is 3. The highest BCUT2D eigenvalue weighted by molar-refractivity contribution is 7.99. The van der Waals surface area contributed by atoms with Crippen LogP contribution in [0.15, 0.2) is 46.6 Å². The van der Waals surface area contributed by atoms with Gasteiger partial charge in [0.1, 0.15) is 6.04 Å². The second-order valence-electron chi connectivity index (χ2n) is 11.9. The molecule has 2 aliphatic carbocycles. The normalized spacial score (nSPS) is 21.0. The van der Waals surface area contributed by atoms with Gasteiger partial charge >= 0.3 is 5.97 Å². The van der Waals surface area contributed by atoms with Gasteiger partial charge in [0.25, 0.3) is 0 Å². The minimum Gasteiger partial charge on any atom is -0.465 e. The fourth-order valence-corrected chi connectivity index (χ4v) is 6.61. The summed E-state index contributed by atoms with van der Waals surface area (Å²) in [6.45, 7) is 18.5. The Bertz CT molecular complexity index is 999. The van der Waals surface area contributed by atoms with Crippen LogP contribution in [-0.4, -0.2) is 47.2 Å². The van der Waals surface area contributed by atoms with Crippen molar-refractivity contribution in [2.24, 2.45) is 10.8 Å². The molecule has 0 aromatic rings. The van der Waals surface area contributed by atoms with E-state index in [2.05, 4.69) is 45.2 Å². The Morgan fingerprint density at radius 3 is 1.86 bits per heavy atom. The van der Waals surface area contributed by atoms with Crippen LogP contribution >= 0.6 is 11.8 Å². The first-order valence-corrected chi connectivity index (χ1v) is 14.6. The second kappa shape index (κ2) is 13.2. The van der Waals surface area contributed by atoms with E-state index >= 15 is 0 Å². The number of ketones is 2. The van der Waals surface area contributed by atoms with Crippen LogP contribution in [-0.2, 0) is 19.1 Å². The molecule has 0 bridgehead atoms. The van der Waals surface area contributed by atoms with E-state index in [4.69, 9.17) is 4.74 Å². The number of Topliss-reactive ketones (excluding diaryl/α,β-unsaturated/α-hetero) is 2. The number of carbonyl (C=O) groups excluding carboxylic acids is 3. The number of esters is 1. The van der Waals surface area contributed by atoms with Gasteiger partial charge < -0.3 is 10.1 Å². The molecule has 6 heteroatoms. The van der Waals surface area contributed by atoms with Crippen molar-refractivity contribution in [1.29, 1.82) is 0 Å². The van der Waals surface area contributed by atoms with Gasteiger partial charge in [-0.15, -0.1) is 0 Å². The Balaban J connectivity index is 2.02. The molecule has 3 atom stereocenters. The lowest BCUT2D eigenvalue weighted by Crippen LogP contribution is -2.46. The summed E-state index contributed by atoms with van der Waals surface area (Å²) >= 11 is 1.59. The summed E-state index contributed by atoms with van der Waals surface area (Å²) in [7, 11) is 0. The second-order valence-corrected chi connectivity index (χ2v) is 13.3. The van der Waals surface area contributed by atoms with Crippen LogP contribution in [0.25, 0.3) is 0 Å². The molecule has 37 heavy (non-hydrogen) atoms. The maximum atomic E-state index is 13.2. The Hall–Kier alpha value is -1.92. The number of nitrogens with one attached hydrogen (secondary N) is 1. The van der Waals surface area contributed by atoms with Crippen LogP contribution in [0, 0.1) is 10.8 Å². The van der Waals surface area contributed by atoms with E-state index in [9.17, 15) is 14.4 Å². The van der Waals surface area contributed by atoms with Crippen molar-refractivity contribution in [3.8, 4) is 0 Å². The first kappa shape index (κ1) is 31.3. The number of thioether (sulfide) groups is 1. The lowest BCUT2D eigenvalue weighted by Gasteiger charge is -2.31. The van der Waals surface area contributed by atoms with Crippen molar-refractivity contribution < 1.29 is 19.1 Å². The van der Waals surface area contributed by atoms with E-state index < -0.39 is 6.04 Å². The summed E-state index contributed by atoms with van der Waals surface area (Å²) in [5.41, 5.74) is 3.51. The van der Waals surface area contributed by atoms with E-state index in [1.54, 1.807) is 18.7 Å². The monoisotopic (exact) mass is 529 g/mol. The number of allylic oxidation sites excluding steroid dienone is 8. The predicted octanol–water partition coefficient (Wildman–Crippen LogP) is 6.54. The molecule has 0 radical (unpaired) electrons. The van der Waals surface area contributed by atoms with Gasteiger partial charge in [0, 0.05) is 41.0 Å². The van der Waals surface area contributed by atoms with Crippen LogP contribution in [0.1, 0.15) is 88.0 Å². The summed E-state index contributed by atoms with van der Waals surface area (Å²) < 4.78 is 5.33. The molecule has 0 fully saturated rings. The topological polar surface area (TPSA) is 72.5 Å². The molecule has 0 saturated carbocycles. The third-order valence-electron chi connectivity index (χ3n) is 7.26. The van der Waals surface area contributed by atoms with Crippen LogP contribution in [0.2, 0.25) is 0 Å². The SMILES string of the molecule is CCOC(=O)C(CSC(C)CC(=O)C1=C(C)C=CCC1(C)C)NC(C)CC(=O)C1=C(C)C=CCC1(C)C. The number of rotatable bonds is 13. The average Bonchev–Trinajstić information content (AvgIpc) is 2.75. The molecular formula is C31H47NO4S. The summed E-state index contributed by atoms with van der Waals surface area (Å²) in [6.07, 6.45) is 10.8. The molecular weight excluding hydrogens is 482 g/mol. The number of hydrogen-bond acceptors (Lipinski definition) is 6. The summed E-state index contributed by atoms with van der Waals surface area (Å²) in [4.78, 5) is 39.2. The predicted molar refractivity (Wildman–Crippen MR) is 155 cm³/mol.